The number of hydrogen-bond donors (Lipinski definition) is 1. The first-order chi connectivity index (χ1) is 8.79. The fraction of sp³-hybridized carbons (Fsp3) is 0.692. The number of rotatable bonds is 8. The van der Waals surface area contributed by atoms with Gasteiger partial charge in [0.15, 0.2) is 0 Å². The molecule has 1 aromatic rings. The van der Waals surface area contributed by atoms with Gasteiger partial charge in [-0.1, -0.05) is 18.0 Å². The molecule has 2 rings (SSSR count). The minimum atomic E-state index is 0.547. The van der Waals surface area contributed by atoms with Crippen LogP contribution in [0.25, 0.3) is 0 Å². The quantitative estimate of drug-likeness (QED) is 0.580. The van der Waals surface area contributed by atoms with Crippen LogP contribution < -0.4 is 5.32 Å². The molecule has 0 saturated heterocycles. The monoisotopic (exact) mass is 285 g/mol. The molecule has 18 heavy (non-hydrogen) atoms. The fourth-order valence-corrected chi connectivity index (χ4v) is 2.50. The highest BCUT2D eigenvalue weighted by Gasteiger charge is 2.27. The van der Waals surface area contributed by atoms with E-state index in [9.17, 15) is 0 Å². The molecule has 1 aliphatic carbocycles. The third-order valence-electron chi connectivity index (χ3n) is 2.99. The van der Waals surface area contributed by atoms with E-state index in [4.69, 9.17) is 11.6 Å². The first-order valence-electron chi connectivity index (χ1n) is 6.57. The van der Waals surface area contributed by atoms with Crippen LogP contribution in [0.5, 0.6) is 0 Å². The third-order valence-corrected chi connectivity index (χ3v) is 3.88. The lowest BCUT2D eigenvalue weighted by Gasteiger charge is -2.07. The Labute approximate surface area is 118 Å². The van der Waals surface area contributed by atoms with Crippen molar-refractivity contribution in [1.29, 1.82) is 0 Å². The Morgan fingerprint density at radius 3 is 2.89 bits per heavy atom. The number of halogens is 1. The zero-order chi connectivity index (χ0) is 12.8. The van der Waals surface area contributed by atoms with Crippen molar-refractivity contribution in [2.45, 2.75) is 38.0 Å². The van der Waals surface area contributed by atoms with E-state index in [2.05, 4.69) is 21.5 Å². The van der Waals surface area contributed by atoms with Gasteiger partial charge in [-0.3, -0.25) is 0 Å². The molecule has 0 aliphatic heterocycles. The standard InChI is InChI=1S/C13H20ClN3S/c1-18-8-4-2-3-7-15-12-9-11(14)16-13(17-12)10-5-6-10/h9-10H,2-8H2,1H3,(H,15,16,17). The van der Waals surface area contributed by atoms with E-state index in [1.807, 2.05) is 17.8 Å². The molecule has 1 fully saturated rings. The highest BCUT2D eigenvalue weighted by molar-refractivity contribution is 7.98. The summed E-state index contributed by atoms with van der Waals surface area (Å²) in [5.74, 6) is 3.59. The van der Waals surface area contributed by atoms with Crippen LogP contribution >= 0.6 is 23.4 Å². The molecule has 1 saturated carbocycles. The first kappa shape index (κ1) is 13.9. The summed E-state index contributed by atoms with van der Waals surface area (Å²) in [5, 5.41) is 3.90. The molecule has 0 atom stereocenters. The highest BCUT2D eigenvalue weighted by Crippen LogP contribution is 2.38. The molecule has 1 heterocycles. The third kappa shape index (κ3) is 4.65. The average Bonchev–Trinajstić information content (AvgIpc) is 3.17. The van der Waals surface area contributed by atoms with E-state index in [0.29, 0.717) is 11.1 Å². The van der Waals surface area contributed by atoms with E-state index in [0.717, 1.165) is 18.2 Å². The summed E-state index contributed by atoms with van der Waals surface area (Å²) in [5.41, 5.74) is 0. The zero-order valence-corrected chi connectivity index (χ0v) is 12.4. The summed E-state index contributed by atoms with van der Waals surface area (Å²) in [7, 11) is 0. The van der Waals surface area contributed by atoms with Crippen molar-refractivity contribution >= 4 is 29.2 Å². The van der Waals surface area contributed by atoms with Crippen molar-refractivity contribution in [3.8, 4) is 0 Å². The van der Waals surface area contributed by atoms with E-state index in [1.54, 1.807) is 0 Å². The van der Waals surface area contributed by atoms with Gasteiger partial charge in [0.2, 0.25) is 0 Å². The van der Waals surface area contributed by atoms with Crippen LogP contribution in [0.1, 0.15) is 43.8 Å². The Bertz CT molecular complexity index is 382. The van der Waals surface area contributed by atoms with Crippen LogP contribution in [0.3, 0.4) is 0 Å². The number of unbranched alkanes of at least 4 members (excludes halogenated alkanes) is 2. The average molecular weight is 286 g/mol. The van der Waals surface area contributed by atoms with Crippen molar-refractivity contribution in [3.05, 3.63) is 17.0 Å². The summed E-state index contributed by atoms with van der Waals surface area (Å²) in [4.78, 5) is 8.79. The van der Waals surface area contributed by atoms with Crippen LogP contribution in [-0.2, 0) is 0 Å². The van der Waals surface area contributed by atoms with E-state index < -0.39 is 0 Å². The SMILES string of the molecule is CSCCCCCNc1cc(Cl)nc(C2CC2)n1. The van der Waals surface area contributed by atoms with Gasteiger partial charge in [0, 0.05) is 18.5 Å². The van der Waals surface area contributed by atoms with Gasteiger partial charge in [-0.05, 0) is 37.7 Å². The van der Waals surface area contributed by atoms with Crippen LogP contribution in [-0.4, -0.2) is 28.5 Å². The van der Waals surface area contributed by atoms with E-state index >= 15 is 0 Å². The van der Waals surface area contributed by atoms with Gasteiger partial charge in [-0.25, -0.2) is 9.97 Å². The molecular weight excluding hydrogens is 266 g/mol. The molecule has 0 bridgehead atoms. The van der Waals surface area contributed by atoms with Gasteiger partial charge >= 0.3 is 0 Å². The van der Waals surface area contributed by atoms with Gasteiger partial charge in [-0.2, -0.15) is 11.8 Å². The molecule has 0 spiro atoms. The maximum Gasteiger partial charge on any atom is 0.135 e. The van der Waals surface area contributed by atoms with Gasteiger partial charge in [0.05, 0.1) is 0 Å². The molecule has 100 valence electrons. The van der Waals surface area contributed by atoms with Crippen LogP contribution in [0.2, 0.25) is 5.15 Å². The minimum absolute atomic E-state index is 0.547. The van der Waals surface area contributed by atoms with E-state index in [-0.39, 0.29) is 0 Å². The normalized spacial score (nSPS) is 14.8. The fourth-order valence-electron chi connectivity index (χ4n) is 1.81. The van der Waals surface area contributed by atoms with Crippen molar-refractivity contribution in [1.82, 2.24) is 9.97 Å². The predicted molar refractivity (Wildman–Crippen MR) is 79.7 cm³/mol. The summed E-state index contributed by atoms with van der Waals surface area (Å²) < 4.78 is 0. The minimum Gasteiger partial charge on any atom is -0.370 e. The summed E-state index contributed by atoms with van der Waals surface area (Å²) in [6, 6.07) is 1.81. The predicted octanol–water partition coefficient (Wildman–Crippen LogP) is 3.95. The van der Waals surface area contributed by atoms with Crippen molar-refractivity contribution in [2.24, 2.45) is 0 Å². The van der Waals surface area contributed by atoms with Gasteiger partial charge in [0.25, 0.3) is 0 Å². The Morgan fingerprint density at radius 2 is 2.17 bits per heavy atom. The molecule has 0 amide bonds. The maximum absolute atomic E-state index is 6.01. The van der Waals surface area contributed by atoms with Crippen LogP contribution in [0.15, 0.2) is 6.07 Å². The smallest absolute Gasteiger partial charge is 0.135 e. The van der Waals surface area contributed by atoms with Gasteiger partial charge < -0.3 is 5.32 Å². The lowest BCUT2D eigenvalue weighted by atomic mass is 10.2. The molecule has 1 N–H and O–H groups in total. The molecular formula is C13H20ClN3S. The lowest BCUT2D eigenvalue weighted by molar-refractivity contribution is 0.747. The van der Waals surface area contributed by atoms with Crippen molar-refractivity contribution < 1.29 is 0 Å². The molecule has 5 heteroatoms. The van der Waals surface area contributed by atoms with Crippen molar-refractivity contribution in [2.75, 3.05) is 23.9 Å². The molecule has 0 radical (unpaired) electrons. The van der Waals surface area contributed by atoms with Gasteiger partial charge in [0.1, 0.15) is 16.8 Å². The molecule has 0 unspecified atom stereocenters. The van der Waals surface area contributed by atoms with Crippen LogP contribution in [0.4, 0.5) is 5.82 Å². The summed E-state index contributed by atoms with van der Waals surface area (Å²) in [6.45, 7) is 0.964. The molecule has 1 aromatic heterocycles. The topological polar surface area (TPSA) is 37.8 Å². The van der Waals surface area contributed by atoms with Crippen molar-refractivity contribution in [3.63, 3.8) is 0 Å². The number of anilines is 1. The number of hydrogen-bond acceptors (Lipinski definition) is 4. The number of nitrogens with zero attached hydrogens (tertiary/aromatic N) is 2. The lowest BCUT2D eigenvalue weighted by Crippen LogP contribution is -2.05. The van der Waals surface area contributed by atoms with Gasteiger partial charge in [-0.15, -0.1) is 0 Å². The summed E-state index contributed by atoms with van der Waals surface area (Å²) >= 11 is 7.92. The number of nitrogens with one attached hydrogen (secondary N) is 1. The Hall–Kier alpha value is -0.480. The second-order valence-electron chi connectivity index (χ2n) is 4.69. The zero-order valence-electron chi connectivity index (χ0n) is 10.8. The molecule has 3 nitrogen and oxygen atoms in total. The first-order valence-corrected chi connectivity index (χ1v) is 8.34. The largest absolute Gasteiger partial charge is 0.370 e. The van der Waals surface area contributed by atoms with E-state index in [1.165, 1.54) is 37.9 Å². The summed E-state index contributed by atoms with van der Waals surface area (Å²) in [6.07, 6.45) is 8.30. The molecule has 1 aliphatic rings. The Kier molecular flexibility index (Phi) is 5.57. The number of thioether (sulfide) groups is 1. The maximum atomic E-state index is 6.01. The Balaban J connectivity index is 1.74. The number of aromatic nitrogens is 2. The highest BCUT2D eigenvalue weighted by atomic mass is 35.5. The second kappa shape index (κ2) is 7.19. The second-order valence-corrected chi connectivity index (χ2v) is 6.06. The van der Waals surface area contributed by atoms with Crippen LogP contribution in [0, 0.1) is 0 Å². The molecule has 0 aromatic carbocycles. The Morgan fingerprint density at radius 1 is 1.33 bits per heavy atom.